The second-order valence-electron chi connectivity index (χ2n) is 4.85. The summed E-state index contributed by atoms with van der Waals surface area (Å²) in [5.41, 5.74) is 2.75. The fraction of sp³-hybridized carbons (Fsp3) is 0.125. The van der Waals surface area contributed by atoms with Crippen LogP contribution >= 0.6 is 11.6 Å². The van der Waals surface area contributed by atoms with E-state index in [9.17, 15) is 4.79 Å². The normalized spacial score (nSPS) is 10.6. The monoisotopic (exact) mass is 328 g/mol. The molecule has 0 saturated carbocycles. The number of nitrogens with zero attached hydrogens (tertiary/aromatic N) is 4. The fourth-order valence-electron chi connectivity index (χ4n) is 2.14. The molecule has 3 aromatic rings. The van der Waals surface area contributed by atoms with Crippen molar-refractivity contribution in [2.24, 2.45) is 7.05 Å². The third-order valence-electron chi connectivity index (χ3n) is 3.27. The zero-order valence-electron chi connectivity index (χ0n) is 12.5. The van der Waals surface area contributed by atoms with Crippen molar-refractivity contribution in [3.63, 3.8) is 0 Å². The largest absolute Gasteiger partial charge is 0.464 e. The average molecular weight is 329 g/mol. The highest BCUT2D eigenvalue weighted by Crippen LogP contribution is 2.25. The average Bonchev–Trinajstić information content (AvgIpc) is 3.00. The standard InChI is InChI=1S/C16H13ClN4O2/c1-21-9-11(7-19-21)14-15(16(22)23-2)18-8-13(20-14)10-3-5-12(17)6-4-10/h3-9H,1-2H3. The van der Waals surface area contributed by atoms with Crippen LogP contribution in [-0.2, 0) is 11.8 Å². The summed E-state index contributed by atoms with van der Waals surface area (Å²) >= 11 is 5.91. The predicted molar refractivity (Wildman–Crippen MR) is 86.0 cm³/mol. The Labute approximate surface area is 137 Å². The Bertz CT molecular complexity index is 859. The van der Waals surface area contributed by atoms with E-state index in [1.54, 1.807) is 36.3 Å². The van der Waals surface area contributed by atoms with Crippen LogP contribution in [0.4, 0.5) is 0 Å². The molecule has 0 spiro atoms. The SMILES string of the molecule is COC(=O)c1ncc(-c2ccc(Cl)cc2)nc1-c1cnn(C)c1. The smallest absolute Gasteiger partial charge is 0.358 e. The van der Waals surface area contributed by atoms with E-state index in [2.05, 4.69) is 15.1 Å². The molecule has 3 rings (SSSR count). The number of methoxy groups -OCH3 is 1. The molecule has 0 aliphatic rings. The lowest BCUT2D eigenvalue weighted by Crippen LogP contribution is -2.08. The second-order valence-corrected chi connectivity index (χ2v) is 5.29. The Morgan fingerprint density at radius 1 is 1.17 bits per heavy atom. The van der Waals surface area contributed by atoms with E-state index in [0.717, 1.165) is 5.56 Å². The Morgan fingerprint density at radius 3 is 2.52 bits per heavy atom. The molecule has 0 atom stereocenters. The molecule has 0 fully saturated rings. The quantitative estimate of drug-likeness (QED) is 0.691. The highest BCUT2D eigenvalue weighted by molar-refractivity contribution is 6.30. The summed E-state index contributed by atoms with van der Waals surface area (Å²) in [5, 5.41) is 4.75. The van der Waals surface area contributed by atoms with E-state index < -0.39 is 5.97 Å². The molecule has 0 radical (unpaired) electrons. The van der Waals surface area contributed by atoms with Crippen molar-refractivity contribution >= 4 is 17.6 Å². The minimum absolute atomic E-state index is 0.151. The molecule has 0 unspecified atom stereocenters. The van der Waals surface area contributed by atoms with Crippen LogP contribution in [0, 0.1) is 0 Å². The molecule has 0 aliphatic heterocycles. The third-order valence-corrected chi connectivity index (χ3v) is 3.52. The summed E-state index contributed by atoms with van der Waals surface area (Å²) in [6.07, 6.45) is 4.93. The van der Waals surface area contributed by atoms with E-state index in [1.165, 1.54) is 13.3 Å². The number of hydrogen-bond acceptors (Lipinski definition) is 5. The van der Waals surface area contributed by atoms with Crippen LogP contribution in [0.15, 0.2) is 42.9 Å². The summed E-state index contributed by atoms with van der Waals surface area (Å²) in [6, 6.07) is 7.24. The molecule has 2 aromatic heterocycles. The molecule has 6 nitrogen and oxygen atoms in total. The Morgan fingerprint density at radius 2 is 1.91 bits per heavy atom. The Balaban J connectivity index is 2.14. The van der Waals surface area contributed by atoms with Crippen molar-refractivity contribution in [2.45, 2.75) is 0 Å². The van der Waals surface area contributed by atoms with Gasteiger partial charge in [-0.15, -0.1) is 0 Å². The van der Waals surface area contributed by atoms with Gasteiger partial charge in [0.1, 0.15) is 5.69 Å². The number of rotatable bonds is 3. The number of carbonyl (C=O) groups is 1. The van der Waals surface area contributed by atoms with Crippen LogP contribution in [0.3, 0.4) is 0 Å². The fourth-order valence-corrected chi connectivity index (χ4v) is 2.27. The lowest BCUT2D eigenvalue weighted by molar-refractivity contribution is 0.0594. The topological polar surface area (TPSA) is 69.9 Å². The second kappa shape index (κ2) is 6.18. The van der Waals surface area contributed by atoms with Crippen LogP contribution < -0.4 is 0 Å². The summed E-state index contributed by atoms with van der Waals surface area (Å²) in [4.78, 5) is 20.7. The summed E-state index contributed by atoms with van der Waals surface area (Å²) in [5.74, 6) is -0.543. The molecule has 116 valence electrons. The number of carbonyl (C=O) groups excluding carboxylic acids is 1. The van der Waals surface area contributed by atoms with Gasteiger partial charge in [0.15, 0.2) is 5.69 Å². The molecule has 0 aliphatic carbocycles. The minimum atomic E-state index is -0.543. The molecule has 2 heterocycles. The lowest BCUT2D eigenvalue weighted by Gasteiger charge is -2.07. The molecule has 0 N–H and O–H groups in total. The Hall–Kier alpha value is -2.73. The number of aromatic nitrogens is 4. The molecular weight excluding hydrogens is 316 g/mol. The molecule has 0 amide bonds. The first-order valence-electron chi connectivity index (χ1n) is 6.79. The molecule has 0 bridgehead atoms. The van der Waals surface area contributed by atoms with Gasteiger partial charge in [-0.2, -0.15) is 5.10 Å². The minimum Gasteiger partial charge on any atom is -0.464 e. The van der Waals surface area contributed by atoms with Gasteiger partial charge < -0.3 is 4.74 Å². The van der Waals surface area contributed by atoms with Crippen LogP contribution in [0.1, 0.15) is 10.5 Å². The van der Waals surface area contributed by atoms with Crippen molar-refractivity contribution in [3.05, 3.63) is 53.6 Å². The predicted octanol–water partition coefficient (Wildman–Crippen LogP) is 2.98. The maximum Gasteiger partial charge on any atom is 0.358 e. The van der Waals surface area contributed by atoms with E-state index >= 15 is 0 Å². The van der Waals surface area contributed by atoms with Crippen molar-refractivity contribution in [2.75, 3.05) is 7.11 Å². The van der Waals surface area contributed by atoms with Crippen molar-refractivity contribution in [1.82, 2.24) is 19.7 Å². The lowest BCUT2D eigenvalue weighted by atomic mass is 10.1. The zero-order chi connectivity index (χ0) is 16.4. The first-order valence-corrected chi connectivity index (χ1v) is 7.16. The van der Waals surface area contributed by atoms with E-state index in [0.29, 0.717) is 22.0 Å². The van der Waals surface area contributed by atoms with Crippen LogP contribution in [0.5, 0.6) is 0 Å². The molecular formula is C16H13ClN4O2. The van der Waals surface area contributed by atoms with E-state index in [4.69, 9.17) is 16.3 Å². The van der Waals surface area contributed by atoms with Gasteiger partial charge in [-0.25, -0.2) is 14.8 Å². The van der Waals surface area contributed by atoms with Crippen LogP contribution in [-0.4, -0.2) is 32.8 Å². The van der Waals surface area contributed by atoms with Crippen molar-refractivity contribution in [3.8, 4) is 22.5 Å². The van der Waals surface area contributed by atoms with Crippen molar-refractivity contribution in [1.29, 1.82) is 0 Å². The molecule has 1 aromatic carbocycles. The Kier molecular flexibility index (Phi) is 4.08. The van der Waals surface area contributed by atoms with Gasteiger partial charge in [0.25, 0.3) is 0 Å². The highest BCUT2D eigenvalue weighted by atomic mass is 35.5. The van der Waals surface area contributed by atoms with Crippen LogP contribution in [0.25, 0.3) is 22.5 Å². The van der Waals surface area contributed by atoms with Gasteiger partial charge >= 0.3 is 5.97 Å². The summed E-state index contributed by atoms with van der Waals surface area (Å²) in [6.45, 7) is 0. The number of aryl methyl sites for hydroxylation is 1. The first kappa shape index (κ1) is 15.2. The number of esters is 1. The zero-order valence-corrected chi connectivity index (χ0v) is 13.3. The number of ether oxygens (including phenoxy) is 1. The number of halogens is 1. The van der Waals surface area contributed by atoms with Gasteiger partial charge in [0.2, 0.25) is 0 Å². The number of hydrogen-bond donors (Lipinski definition) is 0. The maximum atomic E-state index is 11.9. The molecule has 23 heavy (non-hydrogen) atoms. The van der Waals surface area contributed by atoms with Crippen molar-refractivity contribution < 1.29 is 9.53 Å². The first-order chi connectivity index (χ1) is 11.1. The highest BCUT2D eigenvalue weighted by Gasteiger charge is 2.19. The van der Waals surface area contributed by atoms with Gasteiger partial charge in [0, 0.05) is 29.4 Å². The molecule has 0 saturated heterocycles. The number of benzene rings is 1. The van der Waals surface area contributed by atoms with E-state index in [1.807, 2.05) is 12.1 Å². The van der Waals surface area contributed by atoms with E-state index in [-0.39, 0.29) is 5.69 Å². The van der Waals surface area contributed by atoms with Crippen LogP contribution in [0.2, 0.25) is 5.02 Å². The molecule has 7 heteroatoms. The summed E-state index contributed by atoms with van der Waals surface area (Å²) in [7, 11) is 3.10. The van der Waals surface area contributed by atoms with Gasteiger partial charge in [-0.1, -0.05) is 23.7 Å². The van der Waals surface area contributed by atoms with Gasteiger partial charge in [-0.05, 0) is 12.1 Å². The van der Waals surface area contributed by atoms with Gasteiger partial charge in [-0.3, -0.25) is 4.68 Å². The summed E-state index contributed by atoms with van der Waals surface area (Å²) < 4.78 is 6.41. The van der Waals surface area contributed by atoms with Gasteiger partial charge in [0.05, 0.1) is 25.2 Å². The third kappa shape index (κ3) is 3.07. The maximum absolute atomic E-state index is 11.9.